The van der Waals surface area contributed by atoms with Crippen LogP contribution in [0.15, 0.2) is 17.6 Å². The molecule has 1 aromatic heterocycles. The number of nitrogens with zero attached hydrogens (tertiary/aromatic N) is 4. The smallest absolute Gasteiger partial charge is 0.262 e. The molecule has 0 radical (unpaired) electrons. The molecule has 3 rings (SSSR count). The maximum Gasteiger partial charge on any atom is 0.262 e. The van der Waals surface area contributed by atoms with E-state index in [1.54, 1.807) is 24.9 Å². The van der Waals surface area contributed by atoms with Crippen LogP contribution in [0, 0.1) is 0 Å². The summed E-state index contributed by atoms with van der Waals surface area (Å²) < 4.78 is 39.4. The van der Waals surface area contributed by atoms with E-state index >= 15 is 0 Å². The zero-order valence-corrected chi connectivity index (χ0v) is 13.7. The maximum absolute atomic E-state index is 12.7. The lowest BCUT2D eigenvalue weighted by Crippen LogP contribution is -2.65. The fraction of sp³-hybridized carbons (Fsp3) is 0.769. The van der Waals surface area contributed by atoms with E-state index < -0.39 is 10.0 Å². The number of methoxy groups -OCH3 is 1. The number of imidazole rings is 1. The van der Waals surface area contributed by atoms with Crippen molar-refractivity contribution < 1.29 is 17.9 Å². The van der Waals surface area contributed by atoms with Crippen molar-refractivity contribution in [2.24, 2.45) is 7.05 Å². The van der Waals surface area contributed by atoms with Gasteiger partial charge in [0.1, 0.15) is 0 Å². The van der Waals surface area contributed by atoms with Crippen molar-refractivity contribution in [2.75, 3.05) is 46.6 Å². The normalized spacial score (nSPS) is 27.2. The van der Waals surface area contributed by atoms with Gasteiger partial charge in [-0.3, -0.25) is 4.90 Å². The molecule has 2 aliphatic heterocycles. The molecule has 124 valence electrons. The van der Waals surface area contributed by atoms with Crippen LogP contribution in [0.4, 0.5) is 0 Å². The van der Waals surface area contributed by atoms with Gasteiger partial charge in [0.15, 0.2) is 5.03 Å². The van der Waals surface area contributed by atoms with Crippen LogP contribution in [0.3, 0.4) is 0 Å². The van der Waals surface area contributed by atoms with Gasteiger partial charge in [0.25, 0.3) is 10.0 Å². The van der Waals surface area contributed by atoms with Crippen LogP contribution in [-0.2, 0) is 26.5 Å². The largest absolute Gasteiger partial charge is 0.383 e. The topological polar surface area (TPSA) is 76.9 Å². The molecule has 3 heterocycles. The first-order valence-electron chi connectivity index (χ1n) is 7.33. The Morgan fingerprint density at radius 2 is 2.05 bits per heavy atom. The highest BCUT2D eigenvalue weighted by atomic mass is 32.2. The molecule has 2 bridgehead atoms. The van der Waals surface area contributed by atoms with Crippen LogP contribution < -0.4 is 0 Å². The zero-order chi connectivity index (χ0) is 15.7. The van der Waals surface area contributed by atoms with Gasteiger partial charge in [-0.25, -0.2) is 13.4 Å². The first-order valence-corrected chi connectivity index (χ1v) is 8.77. The summed E-state index contributed by atoms with van der Waals surface area (Å²) in [6, 6.07) is 0.141. The van der Waals surface area contributed by atoms with Gasteiger partial charge in [-0.05, 0) is 0 Å². The van der Waals surface area contributed by atoms with E-state index in [0.29, 0.717) is 32.9 Å². The van der Waals surface area contributed by atoms with Gasteiger partial charge >= 0.3 is 0 Å². The number of hydrogen-bond acceptors (Lipinski definition) is 6. The molecule has 0 unspecified atom stereocenters. The van der Waals surface area contributed by atoms with Crippen LogP contribution in [0.2, 0.25) is 0 Å². The summed E-state index contributed by atoms with van der Waals surface area (Å²) in [7, 11) is -0.103. The van der Waals surface area contributed by atoms with Crippen LogP contribution in [0.25, 0.3) is 0 Å². The SMILES string of the molecule is COCCN1[C@H]2COC[C@H]1CN(S(=O)(=O)c1cn(C)cn1)C2. The highest BCUT2D eigenvalue weighted by molar-refractivity contribution is 7.89. The van der Waals surface area contributed by atoms with Gasteiger partial charge in [-0.2, -0.15) is 4.31 Å². The average molecular weight is 330 g/mol. The Kier molecular flexibility index (Phi) is 4.51. The number of aryl methyl sites for hydroxylation is 1. The molecule has 0 amide bonds. The second-order valence-electron chi connectivity index (χ2n) is 5.78. The van der Waals surface area contributed by atoms with Crippen molar-refractivity contribution in [3.63, 3.8) is 0 Å². The second-order valence-corrected chi connectivity index (χ2v) is 7.66. The van der Waals surface area contributed by atoms with E-state index in [2.05, 4.69) is 9.88 Å². The predicted molar refractivity (Wildman–Crippen MR) is 78.9 cm³/mol. The third-order valence-electron chi connectivity index (χ3n) is 4.23. The third kappa shape index (κ3) is 2.91. The molecular weight excluding hydrogens is 308 g/mol. The van der Waals surface area contributed by atoms with Crippen LogP contribution >= 0.6 is 0 Å². The number of hydrogen-bond donors (Lipinski definition) is 0. The summed E-state index contributed by atoms with van der Waals surface area (Å²) in [5, 5.41) is 0.110. The summed E-state index contributed by atoms with van der Waals surface area (Å²) >= 11 is 0. The lowest BCUT2D eigenvalue weighted by atomic mass is 10.1. The van der Waals surface area contributed by atoms with Crippen molar-refractivity contribution >= 4 is 10.0 Å². The molecule has 0 aliphatic carbocycles. The van der Waals surface area contributed by atoms with Crippen molar-refractivity contribution in [3.05, 3.63) is 12.5 Å². The van der Waals surface area contributed by atoms with Crippen molar-refractivity contribution in [2.45, 2.75) is 17.1 Å². The molecule has 22 heavy (non-hydrogen) atoms. The lowest BCUT2D eigenvalue weighted by molar-refractivity contribution is -0.0873. The molecule has 8 nitrogen and oxygen atoms in total. The van der Waals surface area contributed by atoms with Gasteiger partial charge in [0.2, 0.25) is 0 Å². The molecule has 1 aromatic rings. The maximum atomic E-state index is 12.7. The number of aromatic nitrogens is 2. The second kappa shape index (κ2) is 6.25. The number of morpholine rings is 1. The summed E-state index contributed by atoms with van der Waals surface area (Å²) in [5.74, 6) is 0. The Labute approximate surface area is 130 Å². The quantitative estimate of drug-likeness (QED) is 0.699. The molecule has 2 atom stereocenters. The molecule has 2 saturated heterocycles. The highest BCUT2D eigenvalue weighted by Gasteiger charge is 2.42. The van der Waals surface area contributed by atoms with Crippen molar-refractivity contribution in [1.82, 2.24) is 18.8 Å². The molecule has 0 saturated carbocycles. The summed E-state index contributed by atoms with van der Waals surface area (Å²) in [6.07, 6.45) is 3.05. The monoisotopic (exact) mass is 330 g/mol. The Bertz CT molecular complexity index is 603. The number of rotatable bonds is 5. The first kappa shape index (κ1) is 15.9. The Hall–Kier alpha value is -1.00. The van der Waals surface area contributed by atoms with E-state index in [4.69, 9.17) is 9.47 Å². The summed E-state index contributed by atoms with van der Waals surface area (Å²) in [6.45, 7) is 3.40. The zero-order valence-electron chi connectivity index (χ0n) is 12.9. The average Bonchev–Trinajstić information content (AvgIpc) is 2.91. The molecule has 2 fully saturated rings. The molecule has 2 aliphatic rings. The number of piperazine rings is 1. The molecule has 0 aromatic carbocycles. The summed E-state index contributed by atoms with van der Waals surface area (Å²) in [5.41, 5.74) is 0. The van der Waals surface area contributed by atoms with E-state index in [1.807, 2.05) is 0 Å². The van der Waals surface area contributed by atoms with Crippen molar-refractivity contribution in [3.8, 4) is 0 Å². The minimum Gasteiger partial charge on any atom is -0.383 e. The van der Waals surface area contributed by atoms with Crippen molar-refractivity contribution in [1.29, 1.82) is 0 Å². The highest BCUT2D eigenvalue weighted by Crippen LogP contribution is 2.25. The van der Waals surface area contributed by atoms with E-state index in [1.165, 1.54) is 10.6 Å². The van der Waals surface area contributed by atoms with Gasteiger partial charge in [-0.1, -0.05) is 0 Å². The minimum atomic E-state index is -3.54. The predicted octanol–water partition coefficient (Wildman–Crippen LogP) is -0.860. The standard InChI is InChI=1S/C13H22N4O4S/c1-15-7-13(14-10-15)22(18,19)16-5-11-8-21-9-12(6-16)17(11)3-4-20-2/h7,10-12H,3-6,8-9H2,1-2H3/t11-,12-/m1/s1. The molecule has 9 heteroatoms. The minimum absolute atomic E-state index is 0.0705. The molecular formula is C13H22N4O4S. The van der Waals surface area contributed by atoms with Gasteiger partial charge < -0.3 is 14.0 Å². The molecule has 0 spiro atoms. The van der Waals surface area contributed by atoms with Gasteiger partial charge in [-0.15, -0.1) is 0 Å². The van der Waals surface area contributed by atoms with Crippen LogP contribution in [0.1, 0.15) is 0 Å². The third-order valence-corrected chi connectivity index (χ3v) is 5.94. The molecule has 0 N–H and O–H groups in total. The summed E-state index contributed by atoms with van der Waals surface area (Å²) in [4.78, 5) is 6.30. The first-order chi connectivity index (χ1) is 10.5. The fourth-order valence-electron chi connectivity index (χ4n) is 3.10. The Morgan fingerprint density at radius 1 is 1.36 bits per heavy atom. The van der Waals surface area contributed by atoms with E-state index in [9.17, 15) is 8.42 Å². The number of fused-ring (bicyclic) bond motifs is 2. The number of ether oxygens (including phenoxy) is 2. The van der Waals surface area contributed by atoms with Gasteiger partial charge in [0, 0.05) is 52.1 Å². The Morgan fingerprint density at radius 3 is 2.59 bits per heavy atom. The van der Waals surface area contributed by atoms with Crippen LogP contribution in [0.5, 0.6) is 0 Å². The lowest BCUT2D eigenvalue weighted by Gasteiger charge is -2.48. The van der Waals surface area contributed by atoms with E-state index in [-0.39, 0.29) is 17.1 Å². The van der Waals surface area contributed by atoms with Gasteiger partial charge in [0.05, 0.1) is 26.1 Å². The fourth-order valence-corrected chi connectivity index (χ4v) is 4.58. The van der Waals surface area contributed by atoms with Crippen LogP contribution in [-0.4, -0.2) is 85.8 Å². The number of sulfonamides is 1. The Balaban J connectivity index is 1.78. The van der Waals surface area contributed by atoms with E-state index in [0.717, 1.165) is 6.54 Å².